The van der Waals surface area contributed by atoms with Gasteiger partial charge in [0.2, 0.25) is 0 Å². The summed E-state index contributed by atoms with van der Waals surface area (Å²) in [5.74, 6) is -1.26. The van der Waals surface area contributed by atoms with Crippen molar-refractivity contribution in [3.05, 3.63) is 57.6 Å². The van der Waals surface area contributed by atoms with Gasteiger partial charge in [-0.2, -0.15) is 0 Å². The second kappa shape index (κ2) is 4.70. The van der Waals surface area contributed by atoms with Crippen LogP contribution in [0, 0.1) is 0 Å². The molecule has 0 fully saturated rings. The highest BCUT2D eigenvalue weighted by molar-refractivity contribution is 5.88. The predicted octanol–water partition coefficient (Wildman–Crippen LogP) is 1.02. The minimum atomic E-state index is -1.26. The number of rotatable bonds is 2. The average molecular weight is 311 g/mol. The zero-order chi connectivity index (χ0) is 16.1. The Morgan fingerprint density at radius 2 is 2.17 bits per heavy atom. The lowest BCUT2D eigenvalue weighted by Gasteiger charge is -2.20. The molecule has 0 aliphatic heterocycles. The predicted molar refractivity (Wildman–Crippen MR) is 81.8 cm³/mol. The number of pyridine rings is 2. The molecule has 7 nitrogen and oxygen atoms in total. The molecule has 7 heteroatoms. The molecule has 0 bridgehead atoms. The van der Waals surface area contributed by atoms with Crippen molar-refractivity contribution < 1.29 is 14.7 Å². The lowest BCUT2D eigenvalue weighted by molar-refractivity contribution is 0.0688. The molecule has 3 aromatic heterocycles. The van der Waals surface area contributed by atoms with Crippen molar-refractivity contribution in [1.29, 1.82) is 0 Å². The summed E-state index contributed by atoms with van der Waals surface area (Å²) in [6, 6.07) is 7.13. The Morgan fingerprint density at radius 3 is 2.91 bits per heavy atom. The molecule has 4 rings (SSSR count). The first-order valence-corrected chi connectivity index (χ1v) is 7.15. The molecule has 23 heavy (non-hydrogen) atoms. The van der Waals surface area contributed by atoms with Gasteiger partial charge in [0.15, 0.2) is 0 Å². The van der Waals surface area contributed by atoms with E-state index in [-0.39, 0.29) is 5.56 Å². The monoisotopic (exact) mass is 311 g/mol. The van der Waals surface area contributed by atoms with E-state index in [4.69, 9.17) is 4.84 Å². The van der Waals surface area contributed by atoms with E-state index in [1.807, 2.05) is 28.8 Å². The van der Waals surface area contributed by atoms with E-state index in [1.165, 1.54) is 13.2 Å². The van der Waals surface area contributed by atoms with Crippen molar-refractivity contribution in [2.75, 3.05) is 7.11 Å². The summed E-state index contributed by atoms with van der Waals surface area (Å²) in [5.41, 5.74) is 2.73. The summed E-state index contributed by atoms with van der Waals surface area (Å²) >= 11 is 0. The lowest BCUT2D eigenvalue weighted by atomic mass is 9.95. The highest BCUT2D eigenvalue weighted by Gasteiger charge is 2.28. The Morgan fingerprint density at radius 1 is 1.35 bits per heavy atom. The number of nitrogens with zero attached hydrogens (tertiary/aromatic N) is 3. The molecule has 1 N–H and O–H groups in total. The first kappa shape index (κ1) is 13.6. The van der Waals surface area contributed by atoms with Gasteiger partial charge in [-0.05, 0) is 36.6 Å². The van der Waals surface area contributed by atoms with Gasteiger partial charge in [0, 0.05) is 6.20 Å². The van der Waals surface area contributed by atoms with Crippen molar-refractivity contribution in [2.45, 2.75) is 12.8 Å². The van der Waals surface area contributed by atoms with Gasteiger partial charge in [-0.15, -0.1) is 4.73 Å². The largest absolute Gasteiger partial charge is 0.477 e. The van der Waals surface area contributed by atoms with Gasteiger partial charge in [0.05, 0.1) is 5.69 Å². The van der Waals surface area contributed by atoms with Crippen LogP contribution in [-0.2, 0) is 12.8 Å². The molecule has 3 heterocycles. The molecule has 0 saturated heterocycles. The van der Waals surface area contributed by atoms with Crippen molar-refractivity contribution in [2.24, 2.45) is 0 Å². The molecular formula is C16H13N3O4. The Balaban J connectivity index is 2.10. The van der Waals surface area contributed by atoms with E-state index < -0.39 is 11.5 Å². The number of imidazole rings is 1. The normalized spacial score (nSPS) is 12.7. The fraction of sp³-hybridized carbons (Fsp3) is 0.188. The van der Waals surface area contributed by atoms with E-state index in [1.54, 1.807) is 0 Å². The molecule has 0 atom stereocenters. The number of aromatic carboxylic acids is 1. The standard InChI is InChI=1S/C16H13N3O4/c1-23-19-14-9(8-10(15(19)20)16(21)22)5-6-11-13(14)17-12-4-2-3-7-18(11)12/h2-4,7-8H,5-6H2,1H3,(H,21,22). The third-order valence-corrected chi connectivity index (χ3v) is 4.14. The maximum Gasteiger partial charge on any atom is 0.341 e. The van der Waals surface area contributed by atoms with Crippen LogP contribution in [0.25, 0.3) is 17.0 Å². The number of carbonyl (C=O) groups is 1. The van der Waals surface area contributed by atoms with Crippen LogP contribution < -0.4 is 10.4 Å². The lowest BCUT2D eigenvalue weighted by Crippen LogP contribution is -2.33. The van der Waals surface area contributed by atoms with Crippen LogP contribution in [0.1, 0.15) is 21.6 Å². The summed E-state index contributed by atoms with van der Waals surface area (Å²) in [5, 5.41) is 9.21. The third kappa shape index (κ3) is 1.79. The smallest absolute Gasteiger partial charge is 0.341 e. The molecule has 0 aromatic carbocycles. The Kier molecular flexibility index (Phi) is 2.77. The molecule has 3 aromatic rings. The second-order valence-electron chi connectivity index (χ2n) is 5.36. The zero-order valence-electron chi connectivity index (χ0n) is 12.3. The summed E-state index contributed by atoms with van der Waals surface area (Å²) in [6.45, 7) is 0. The first-order valence-electron chi connectivity index (χ1n) is 7.15. The topological polar surface area (TPSA) is 85.8 Å². The van der Waals surface area contributed by atoms with E-state index in [2.05, 4.69) is 4.98 Å². The van der Waals surface area contributed by atoms with E-state index in [9.17, 15) is 14.7 Å². The number of carboxylic acids is 1. The van der Waals surface area contributed by atoms with Gasteiger partial charge in [-0.1, -0.05) is 6.07 Å². The fourth-order valence-corrected chi connectivity index (χ4v) is 3.14. The van der Waals surface area contributed by atoms with Gasteiger partial charge in [-0.25, -0.2) is 9.78 Å². The number of hydrogen-bond acceptors (Lipinski definition) is 4. The molecule has 0 saturated carbocycles. The Bertz CT molecular complexity index is 1020. The number of hydrogen-bond donors (Lipinski definition) is 1. The first-order chi connectivity index (χ1) is 11.1. The number of aryl methyl sites for hydroxylation is 2. The summed E-state index contributed by atoms with van der Waals surface area (Å²) in [4.78, 5) is 33.4. The highest BCUT2D eigenvalue weighted by atomic mass is 16.6. The van der Waals surface area contributed by atoms with E-state index in [0.717, 1.165) is 21.6 Å². The maximum atomic E-state index is 12.4. The number of carboxylic acid groups (broad SMARTS) is 1. The van der Waals surface area contributed by atoms with Crippen LogP contribution in [0.15, 0.2) is 35.3 Å². The quantitative estimate of drug-likeness (QED) is 0.763. The van der Waals surface area contributed by atoms with Crippen LogP contribution in [0.5, 0.6) is 0 Å². The van der Waals surface area contributed by atoms with E-state index >= 15 is 0 Å². The fourth-order valence-electron chi connectivity index (χ4n) is 3.14. The van der Waals surface area contributed by atoms with Gasteiger partial charge in [0.1, 0.15) is 29.7 Å². The van der Waals surface area contributed by atoms with Crippen molar-refractivity contribution in [3.63, 3.8) is 0 Å². The summed E-state index contributed by atoms with van der Waals surface area (Å²) in [7, 11) is 1.34. The molecule has 116 valence electrons. The Hall–Kier alpha value is -3.09. The molecule has 0 unspecified atom stereocenters. The number of fused-ring (bicyclic) bond motifs is 5. The van der Waals surface area contributed by atoms with E-state index in [0.29, 0.717) is 24.2 Å². The maximum absolute atomic E-state index is 12.4. The van der Waals surface area contributed by atoms with Crippen LogP contribution in [0.2, 0.25) is 0 Å². The molecule has 0 amide bonds. The molecule has 1 aliphatic rings. The zero-order valence-corrected chi connectivity index (χ0v) is 12.3. The average Bonchev–Trinajstić information content (AvgIpc) is 2.93. The SMILES string of the molecule is COn1c2c(cc(C(=O)O)c1=O)CCc1c-2nc2ccccn12. The number of aromatic nitrogens is 3. The summed E-state index contributed by atoms with van der Waals surface area (Å²) in [6.07, 6.45) is 3.26. The van der Waals surface area contributed by atoms with Crippen LogP contribution in [0.3, 0.4) is 0 Å². The van der Waals surface area contributed by atoms with Crippen molar-refractivity contribution in [1.82, 2.24) is 14.1 Å². The van der Waals surface area contributed by atoms with Crippen LogP contribution in [-0.4, -0.2) is 32.3 Å². The van der Waals surface area contributed by atoms with Gasteiger partial charge >= 0.3 is 5.97 Å². The molecule has 1 aliphatic carbocycles. The van der Waals surface area contributed by atoms with Crippen molar-refractivity contribution >= 4 is 11.6 Å². The van der Waals surface area contributed by atoms with Crippen LogP contribution >= 0.6 is 0 Å². The minimum absolute atomic E-state index is 0.294. The molecule has 0 radical (unpaired) electrons. The van der Waals surface area contributed by atoms with Crippen molar-refractivity contribution in [3.8, 4) is 11.4 Å². The second-order valence-corrected chi connectivity index (χ2v) is 5.36. The molecular weight excluding hydrogens is 298 g/mol. The minimum Gasteiger partial charge on any atom is -0.477 e. The summed E-state index contributed by atoms with van der Waals surface area (Å²) < 4.78 is 3.01. The Labute approximate surface area is 130 Å². The molecule has 0 spiro atoms. The van der Waals surface area contributed by atoms with Gasteiger partial charge < -0.3 is 14.3 Å². The highest BCUT2D eigenvalue weighted by Crippen LogP contribution is 2.32. The van der Waals surface area contributed by atoms with Gasteiger partial charge in [-0.3, -0.25) is 4.79 Å². The van der Waals surface area contributed by atoms with Gasteiger partial charge in [0.25, 0.3) is 5.56 Å². The third-order valence-electron chi connectivity index (χ3n) is 4.14. The van der Waals surface area contributed by atoms with Crippen LogP contribution in [0.4, 0.5) is 0 Å².